The largest absolute Gasteiger partial charge is 0.481 e. The van der Waals surface area contributed by atoms with Gasteiger partial charge in [0.05, 0.1) is 7.11 Å². The Labute approximate surface area is 110 Å². The van der Waals surface area contributed by atoms with E-state index in [9.17, 15) is 4.79 Å². The van der Waals surface area contributed by atoms with Crippen LogP contribution < -0.4 is 10.5 Å². The monoisotopic (exact) mass is 261 g/mol. The summed E-state index contributed by atoms with van der Waals surface area (Å²) in [4.78, 5) is 22.4. The fourth-order valence-corrected chi connectivity index (χ4v) is 2.44. The number of aromatic nitrogens is 3. The molecule has 1 aliphatic rings. The fraction of sp³-hybridized carbons (Fsp3) is 0.417. The minimum Gasteiger partial charge on any atom is -0.481 e. The number of methoxy groups -OCH3 is 1. The van der Waals surface area contributed by atoms with E-state index in [2.05, 4.69) is 9.97 Å². The molecule has 0 radical (unpaired) electrons. The van der Waals surface area contributed by atoms with Gasteiger partial charge >= 0.3 is 0 Å². The number of ether oxygens (including phenoxy) is 1. The van der Waals surface area contributed by atoms with Gasteiger partial charge in [-0.3, -0.25) is 9.36 Å². The summed E-state index contributed by atoms with van der Waals surface area (Å²) in [5.41, 5.74) is 7.19. The molecule has 19 heavy (non-hydrogen) atoms. The third-order valence-corrected chi connectivity index (χ3v) is 3.46. The molecule has 2 aromatic rings. The van der Waals surface area contributed by atoms with Crippen LogP contribution in [0.4, 0.5) is 5.95 Å². The van der Waals surface area contributed by atoms with Gasteiger partial charge in [-0.1, -0.05) is 0 Å². The predicted molar refractivity (Wildman–Crippen MR) is 69.8 cm³/mol. The second-order valence-corrected chi connectivity index (χ2v) is 4.60. The van der Waals surface area contributed by atoms with Crippen molar-refractivity contribution >= 4 is 23.0 Å². The summed E-state index contributed by atoms with van der Waals surface area (Å²) in [7, 11) is 3.33. The number of nitrogens with two attached hydrogens (primary N) is 1. The van der Waals surface area contributed by atoms with Crippen molar-refractivity contribution < 1.29 is 9.53 Å². The Bertz CT molecular complexity index is 651. The molecule has 2 N–H and O–H groups in total. The zero-order valence-electron chi connectivity index (χ0n) is 10.8. The Kier molecular flexibility index (Phi) is 2.55. The Balaban J connectivity index is 2.17. The number of imidazole rings is 1. The SMILES string of the molecule is COc1ccc2nc(N)n(C3CCN(C)C3=O)c2n1. The highest BCUT2D eigenvalue weighted by Gasteiger charge is 2.33. The first-order chi connectivity index (χ1) is 9.11. The number of rotatable bonds is 2. The van der Waals surface area contributed by atoms with Gasteiger partial charge in [-0.15, -0.1) is 0 Å². The van der Waals surface area contributed by atoms with Crippen molar-refractivity contribution in [3.63, 3.8) is 0 Å². The maximum absolute atomic E-state index is 12.1. The standard InChI is InChI=1S/C12H15N5O2/c1-16-6-5-8(11(16)18)17-10-7(14-12(17)13)3-4-9(15-10)19-2/h3-4,8H,5-6H2,1-2H3,(H2,13,14). The van der Waals surface area contributed by atoms with Crippen LogP contribution in [0.5, 0.6) is 5.88 Å². The number of pyridine rings is 1. The van der Waals surface area contributed by atoms with Crippen LogP contribution in [0, 0.1) is 0 Å². The van der Waals surface area contributed by atoms with Gasteiger partial charge in [0.25, 0.3) is 0 Å². The number of nitrogen functional groups attached to an aromatic ring is 1. The van der Waals surface area contributed by atoms with E-state index in [1.54, 1.807) is 35.8 Å². The molecule has 7 nitrogen and oxygen atoms in total. The van der Waals surface area contributed by atoms with Gasteiger partial charge in [-0.25, -0.2) is 4.98 Å². The van der Waals surface area contributed by atoms with E-state index in [-0.39, 0.29) is 11.9 Å². The number of likely N-dealkylation sites (N-methyl/N-ethyl adjacent to an activating group) is 1. The molecule has 3 rings (SSSR count). The summed E-state index contributed by atoms with van der Waals surface area (Å²) in [6.07, 6.45) is 0.712. The summed E-state index contributed by atoms with van der Waals surface area (Å²) in [6.45, 7) is 0.715. The Hall–Kier alpha value is -2.31. The molecular formula is C12H15N5O2. The first-order valence-electron chi connectivity index (χ1n) is 6.05. The highest BCUT2D eigenvalue weighted by atomic mass is 16.5. The molecule has 1 amide bonds. The van der Waals surface area contributed by atoms with Crippen LogP contribution in [0.3, 0.4) is 0 Å². The van der Waals surface area contributed by atoms with Gasteiger partial charge in [-0.2, -0.15) is 4.98 Å². The van der Waals surface area contributed by atoms with Crippen LogP contribution in [-0.4, -0.2) is 46.0 Å². The highest BCUT2D eigenvalue weighted by Crippen LogP contribution is 2.29. The van der Waals surface area contributed by atoms with Crippen molar-refractivity contribution in [1.29, 1.82) is 0 Å². The summed E-state index contributed by atoms with van der Waals surface area (Å²) in [6, 6.07) is 3.19. The highest BCUT2D eigenvalue weighted by molar-refractivity contribution is 5.85. The minimum atomic E-state index is -0.324. The normalized spacial score (nSPS) is 19.4. The van der Waals surface area contributed by atoms with Crippen LogP contribution in [0.15, 0.2) is 12.1 Å². The van der Waals surface area contributed by atoms with E-state index in [0.29, 0.717) is 36.0 Å². The molecule has 1 unspecified atom stereocenters. The van der Waals surface area contributed by atoms with E-state index in [0.717, 1.165) is 0 Å². The number of hydrogen-bond acceptors (Lipinski definition) is 5. The first-order valence-corrected chi connectivity index (χ1v) is 6.05. The number of carbonyl (C=O) groups is 1. The Morgan fingerprint density at radius 3 is 2.84 bits per heavy atom. The molecule has 1 saturated heterocycles. The Morgan fingerprint density at radius 2 is 2.21 bits per heavy atom. The smallest absolute Gasteiger partial charge is 0.245 e. The van der Waals surface area contributed by atoms with Crippen molar-refractivity contribution in [2.75, 3.05) is 26.4 Å². The van der Waals surface area contributed by atoms with Gasteiger partial charge in [0, 0.05) is 19.7 Å². The third kappa shape index (κ3) is 1.69. The average molecular weight is 261 g/mol. The second kappa shape index (κ2) is 4.11. The molecule has 100 valence electrons. The number of hydrogen-bond donors (Lipinski definition) is 1. The molecular weight excluding hydrogens is 246 g/mol. The lowest BCUT2D eigenvalue weighted by molar-refractivity contribution is -0.129. The summed E-state index contributed by atoms with van der Waals surface area (Å²) >= 11 is 0. The summed E-state index contributed by atoms with van der Waals surface area (Å²) < 4.78 is 6.81. The molecule has 3 heterocycles. The number of carbonyl (C=O) groups excluding carboxylic acids is 1. The molecule has 1 fully saturated rings. The van der Waals surface area contributed by atoms with Crippen LogP contribution >= 0.6 is 0 Å². The maximum Gasteiger partial charge on any atom is 0.245 e. The molecule has 1 atom stereocenters. The van der Waals surface area contributed by atoms with E-state index < -0.39 is 0 Å². The number of fused-ring (bicyclic) bond motifs is 1. The lowest BCUT2D eigenvalue weighted by atomic mass is 10.2. The molecule has 2 aromatic heterocycles. The van der Waals surface area contributed by atoms with Crippen molar-refractivity contribution in [2.45, 2.75) is 12.5 Å². The van der Waals surface area contributed by atoms with E-state index in [1.165, 1.54) is 0 Å². The lowest BCUT2D eigenvalue weighted by Gasteiger charge is -2.13. The molecule has 0 aliphatic carbocycles. The van der Waals surface area contributed by atoms with Gasteiger partial charge in [0.15, 0.2) is 5.65 Å². The predicted octanol–water partition coefficient (Wildman–Crippen LogP) is 0.425. The molecule has 0 spiro atoms. The van der Waals surface area contributed by atoms with Crippen LogP contribution in [0.25, 0.3) is 11.2 Å². The molecule has 7 heteroatoms. The minimum absolute atomic E-state index is 0.0376. The van der Waals surface area contributed by atoms with Crippen LogP contribution in [-0.2, 0) is 4.79 Å². The third-order valence-electron chi connectivity index (χ3n) is 3.46. The fourth-order valence-electron chi connectivity index (χ4n) is 2.44. The van der Waals surface area contributed by atoms with Crippen molar-refractivity contribution in [3.8, 4) is 5.88 Å². The topological polar surface area (TPSA) is 86.3 Å². The van der Waals surface area contributed by atoms with E-state index in [4.69, 9.17) is 10.5 Å². The van der Waals surface area contributed by atoms with E-state index >= 15 is 0 Å². The number of amides is 1. The summed E-state index contributed by atoms with van der Waals surface area (Å²) in [5, 5.41) is 0. The lowest BCUT2D eigenvalue weighted by Crippen LogP contribution is -2.25. The summed E-state index contributed by atoms with van der Waals surface area (Å²) in [5.74, 6) is 0.826. The average Bonchev–Trinajstić information content (AvgIpc) is 2.89. The molecule has 1 aliphatic heterocycles. The molecule has 0 aromatic carbocycles. The Morgan fingerprint density at radius 1 is 1.42 bits per heavy atom. The van der Waals surface area contributed by atoms with E-state index in [1.807, 2.05) is 0 Å². The zero-order chi connectivity index (χ0) is 13.6. The number of nitrogens with zero attached hydrogens (tertiary/aromatic N) is 4. The first kappa shape index (κ1) is 11.8. The molecule has 0 bridgehead atoms. The van der Waals surface area contributed by atoms with Crippen molar-refractivity contribution in [1.82, 2.24) is 19.4 Å². The quantitative estimate of drug-likeness (QED) is 0.847. The van der Waals surface area contributed by atoms with Crippen LogP contribution in [0.1, 0.15) is 12.5 Å². The molecule has 0 saturated carbocycles. The van der Waals surface area contributed by atoms with Gasteiger partial charge in [0.2, 0.25) is 17.7 Å². The second-order valence-electron chi connectivity index (χ2n) is 4.60. The van der Waals surface area contributed by atoms with Gasteiger partial charge < -0.3 is 15.4 Å². The van der Waals surface area contributed by atoms with Gasteiger partial charge in [0.1, 0.15) is 11.6 Å². The zero-order valence-corrected chi connectivity index (χ0v) is 10.8. The van der Waals surface area contributed by atoms with Crippen molar-refractivity contribution in [2.24, 2.45) is 0 Å². The van der Waals surface area contributed by atoms with Gasteiger partial charge in [-0.05, 0) is 12.5 Å². The number of anilines is 1. The van der Waals surface area contributed by atoms with Crippen LogP contribution in [0.2, 0.25) is 0 Å². The number of likely N-dealkylation sites (tertiary alicyclic amines) is 1. The maximum atomic E-state index is 12.1. The van der Waals surface area contributed by atoms with Crippen molar-refractivity contribution in [3.05, 3.63) is 12.1 Å².